The van der Waals surface area contributed by atoms with E-state index in [-0.39, 0.29) is 0 Å². The molecule has 0 aromatic heterocycles. The van der Waals surface area contributed by atoms with E-state index in [4.69, 9.17) is 9.47 Å². The molecule has 2 heteroatoms. The van der Waals surface area contributed by atoms with Crippen LogP contribution in [0.2, 0.25) is 0 Å². The van der Waals surface area contributed by atoms with Crippen LogP contribution in [-0.4, -0.2) is 14.2 Å². The second-order valence-corrected chi connectivity index (χ2v) is 5.29. The van der Waals surface area contributed by atoms with E-state index in [1.165, 1.54) is 22.3 Å². The van der Waals surface area contributed by atoms with Crippen LogP contribution < -0.4 is 9.47 Å². The number of methoxy groups -OCH3 is 2. The summed E-state index contributed by atoms with van der Waals surface area (Å²) in [7, 11) is 3.51. The van der Waals surface area contributed by atoms with Gasteiger partial charge in [0.05, 0.1) is 14.2 Å². The van der Waals surface area contributed by atoms with Crippen LogP contribution in [0.4, 0.5) is 0 Å². The Balaban J connectivity index is 2.02. The van der Waals surface area contributed by atoms with Crippen LogP contribution in [0.3, 0.4) is 0 Å². The number of ether oxygens (including phenoxy) is 2. The van der Waals surface area contributed by atoms with E-state index < -0.39 is 0 Å². The van der Waals surface area contributed by atoms with Crippen LogP contribution in [0.25, 0.3) is 0 Å². The number of aryl methyl sites for hydroxylation is 4. The topological polar surface area (TPSA) is 18.5 Å². The van der Waals surface area contributed by atoms with Gasteiger partial charge in [-0.3, -0.25) is 0 Å². The summed E-state index contributed by atoms with van der Waals surface area (Å²) in [6.45, 7) is 0. The molecule has 0 fully saturated rings. The Labute approximate surface area is 120 Å². The van der Waals surface area contributed by atoms with Gasteiger partial charge in [-0.1, -0.05) is 24.3 Å². The first-order valence-corrected chi connectivity index (χ1v) is 7.12. The smallest absolute Gasteiger partial charge is 0.122 e. The predicted molar refractivity (Wildman–Crippen MR) is 80.8 cm³/mol. The van der Waals surface area contributed by atoms with Gasteiger partial charge in [-0.2, -0.15) is 0 Å². The summed E-state index contributed by atoms with van der Waals surface area (Å²) < 4.78 is 11.1. The molecule has 2 nitrogen and oxygen atoms in total. The summed E-state index contributed by atoms with van der Waals surface area (Å²) in [5.74, 6) is 2.02. The van der Waals surface area contributed by atoms with Gasteiger partial charge in [0.2, 0.25) is 0 Å². The second-order valence-electron chi connectivity index (χ2n) is 5.29. The van der Waals surface area contributed by atoms with Crippen LogP contribution in [0.5, 0.6) is 11.5 Å². The molecule has 0 atom stereocenters. The van der Waals surface area contributed by atoms with Gasteiger partial charge in [0, 0.05) is 0 Å². The van der Waals surface area contributed by atoms with Crippen LogP contribution >= 0.6 is 0 Å². The van der Waals surface area contributed by atoms with Crippen molar-refractivity contribution in [3.63, 3.8) is 0 Å². The van der Waals surface area contributed by atoms with Crippen molar-refractivity contribution in [3.05, 3.63) is 58.7 Å². The number of hydrogen-bond acceptors (Lipinski definition) is 2. The third-order valence-electron chi connectivity index (χ3n) is 4.07. The summed E-state index contributed by atoms with van der Waals surface area (Å²) in [5.41, 5.74) is 5.19. The number of benzene rings is 2. The largest absolute Gasteiger partial charge is 0.496 e. The summed E-state index contributed by atoms with van der Waals surface area (Å²) in [6.07, 6.45) is 4.00. The van der Waals surface area contributed by atoms with Crippen LogP contribution in [0, 0.1) is 0 Å². The molecule has 2 aromatic carbocycles. The minimum Gasteiger partial charge on any atom is -0.496 e. The molecule has 0 amide bonds. The van der Waals surface area contributed by atoms with Gasteiger partial charge in [0.15, 0.2) is 0 Å². The molecule has 4 aliphatic rings. The van der Waals surface area contributed by atoms with Crippen LogP contribution in [-0.2, 0) is 25.7 Å². The Morgan fingerprint density at radius 3 is 1.50 bits per heavy atom. The molecule has 0 unspecified atom stereocenters. The molecular weight excluding hydrogens is 248 g/mol. The highest BCUT2D eigenvalue weighted by Gasteiger charge is 2.11. The molecule has 0 aliphatic heterocycles. The molecule has 2 aromatic rings. The fourth-order valence-corrected chi connectivity index (χ4v) is 2.86. The maximum atomic E-state index is 5.53. The lowest BCUT2D eigenvalue weighted by Gasteiger charge is -2.15. The molecule has 4 aliphatic carbocycles. The van der Waals surface area contributed by atoms with E-state index in [0.717, 1.165) is 37.2 Å². The molecule has 6 rings (SSSR count). The highest BCUT2D eigenvalue weighted by molar-refractivity contribution is 5.42. The van der Waals surface area contributed by atoms with Gasteiger partial charge in [-0.25, -0.2) is 0 Å². The SMILES string of the molecule is COc1cc2ccc1CCc1ccc(cc1OC)CC2. The fraction of sp³-hybridized carbons (Fsp3) is 0.333. The average molecular weight is 268 g/mol. The molecular formula is C18H20O2. The van der Waals surface area contributed by atoms with E-state index >= 15 is 0 Å². The Kier molecular flexibility index (Phi) is 3.64. The Hall–Kier alpha value is -1.96. The molecule has 104 valence electrons. The minimum absolute atomic E-state index is 0.971. The van der Waals surface area contributed by atoms with Gasteiger partial charge < -0.3 is 9.47 Å². The van der Waals surface area contributed by atoms with Crippen molar-refractivity contribution in [3.8, 4) is 11.5 Å². The molecule has 0 heterocycles. The van der Waals surface area contributed by atoms with Crippen LogP contribution in [0.1, 0.15) is 22.3 Å². The average Bonchev–Trinajstić information content (AvgIpc) is 2.49. The first-order valence-electron chi connectivity index (χ1n) is 7.12. The quantitative estimate of drug-likeness (QED) is 0.828. The highest BCUT2D eigenvalue weighted by Crippen LogP contribution is 2.28. The highest BCUT2D eigenvalue weighted by atomic mass is 16.5. The first kappa shape index (κ1) is 13.0. The van der Waals surface area contributed by atoms with Crippen molar-refractivity contribution in [2.75, 3.05) is 14.2 Å². The van der Waals surface area contributed by atoms with Crippen molar-refractivity contribution < 1.29 is 9.47 Å². The van der Waals surface area contributed by atoms with Crippen LogP contribution in [0.15, 0.2) is 36.4 Å². The van der Waals surface area contributed by atoms with Crippen molar-refractivity contribution in [1.82, 2.24) is 0 Å². The van der Waals surface area contributed by atoms with E-state index in [2.05, 4.69) is 36.4 Å². The summed E-state index contributed by atoms with van der Waals surface area (Å²) in [4.78, 5) is 0. The molecule has 0 N–H and O–H groups in total. The van der Waals surface area contributed by atoms with Gasteiger partial charge in [0.1, 0.15) is 11.5 Å². The normalized spacial score (nSPS) is 13.7. The van der Waals surface area contributed by atoms with Crippen molar-refractivity contribution in [2.24, 2.45) is 0 Å². The monoisotopic (exact) mass is 268 g/mol. The number of rotatable bonds is 2. The summed E-state index contributed by atoms with van der Waals surface area (Å²) >= 11 is 0. The maximum Gasteiger partial charge on any atom is 0.122 e. The zero-order valence-corrected chi connectivity index (χ0v) is 12.1. The summed E-state index contributed by atoms with van der Waals surface area (Å²) in [6, 6.07) is 13.2. The number of hydrogen-bond donors (Lipinski definition) is 0. The molecule has 4 bridgehead atoms. The molecule has 20 heavy (non-hydrogen) atoms. The van der Waals surface area contributed by atoms with Gasteiger partial charge in [0.25, 0.3) is 0 Å². The zero-order valence-electron chi connectivity index (χ0n) is 12.1. The van der Waals surface area contributed by atoms with Crippen molar-refractivity contribution >= 4 is 0 Å². The zero-order chi connectivity index (χ0) is 13.9. The molecule has 0 radical (unpaired) electrons. The third kappa shape index (κ3) is 2.51. The van der Waals surface area contributed by atoms with E-state index in [1.54, 1.807) is 14.2 Å². The Morgan fingerprint density at radius 2 is 1.10 bits per heavy atom. The third-order valence-corrected chi connectivity index (χ3v) is 4.07. The minimum atomic E-state index is 0.971. The van der Waals surface area contributed by atoms with E-state index in [0.29, 0.717) is 0 Å². The first-order chi connectivity index (χ1) is 9.80. The van der Waals surface area contributed by atoms with Gasteiger partial charge >= 0.3 is 0 Å². The second kappa shape index (κ2) is 5.58. The lowest BCUT2D eigenvalue weighted by Crippen LogP contribution is -2.02. The maximum absolute atomic E-state index is 5.53. The van der Waals surface area contributed by atoms with Gasteiger partial charge in [-0.15, -0.1) is 0 Å². The van der Waals surface area contributed by atoms with E-state index in [9.17, 15) is 0 Å². The Bertz CT molecular complexity index is 561. The lowest BCUT2D eigenvalue weighted by atomic mass is 9.95. The van der Waals surface area contributed by atoms with Gasteiger partial charge in [-0.05, 0) is 60.1 Å². The molecule has 0 spiro atoms. The van der Waals surface area contributed by atoms with E-state index in [1.807, 2.05) is 0 Å². The standard InChI is InChI=1S/C18H20O2/c1-19-17-11-13-3-4-14-6-8-16(18(12-14)20-2)10-9-15(17)7-5-13/h5-8,11-12H,3-4,9-10H2,1-2H3. The van der Waals surface area contributed by atoms with Crippen molar-refractivity contribution in [1.29, 1.82) is 0 Å². The molecule has 0 saturated heterocycles. The summed E-state index contributed by atoms with van der Waals surface area (Å²) in [5, 5.41) is 0. The Morgan fingerprint density at radius 1 is 0.650 bits per heavy atom. The molecule has 0 saturated carbocycles. The lowest BCUT2D eigenvalue weighted by molar-refractivity contribution is 0.405. The predicted octanol–water partition coefficient (Wildman–Crippen LogP) is 3.59. The van der Waals surface area contributed by atoms with Crippen molar-refractivity contribution in [2.45, 2.75) is 25.7 Å². The fourth-order valence-electron chi connectivity index (χ4n) is 2.86.